The van der Waals surface area contributed by atoms with Gasteiger partial charge >= 0.3 is 0 Å². The molecule has 2 atom stereocenters. The van der Waals surface area contributed by atoms with Gasteiger partial charge in [-0.2, -0.15) is 19.6 Å². The first-order chi connectivity index (χ1) is 18.5. The van der Waals surface area contributed by atoms with E-state index >= 15 is 0 Å². The smallest absolute Gasteiger partial charge is 0.228 e. The molecule has 2 aliphatic rings. The van der Waals surface area contributed by atoms with Gasteiger partial charge in [0.25, 0.3) is 0 Å². The number of halogens is 2. The van der Waals surface area contributed by atoms with Crippen molar-refractivity contribution in [1.82, 2.24) is 29.8 Å². The van der Waals surface area contributed by atoms with Crippen molar-refractivity contribution < 1.29 is 17.9 Å². The van der Waals surface area contributed by atoms with Crippen LogP contribution in [0.2, 0.25) is 0 Å². The molecule has 0 unspecified atom stereocenters. The Kier molecular flexibility index (Phi) is 6.68. The lowest BCUT2D eigenvalue weighted by atomic mass is 10.2. The summed E-state index contributed by atoms with van der Waals surface area (Å²) in [7, 11) is 0. The van der Waals surface area contributed by atoms with E-state index in [-0.39, 0.29) is 18.3 Å². The summed E-state index contributed by atoms with van der Waals surface area (Å²) in [5.74, 6) is 1.27. The van der Waals surface area contributed by atoms with E-state index in [1.165, 1.54) is 10.6 Å². The van der Waals surface area contributed by atoms with E-state index < -0.39 is 12.3 Å². The number of rotatable bonds is 8. The summed E-state index contributed by atoms with van der Waals surface area (Å²) in [5, 5.41) is 10.6. The van der Waals surface area contributed by atoms with Crippen LogP contribution in [0, 0.1) is 5.82 Å². The first-order valence-corrected chi connectivity index (χ1v) is 12.6. The molecule has 0 radical (unpaired) electrons. The number of benzene rings is 1. The normalized spacial score (nSPS) is 20.3. The molecule has 38 heavy (non-hydrogen) atoms. The zero-order chi connectivity index (χ0) is 26.1. The summed E-state index contributed by atoms with van der Waals surface area (Å²) < 4.78 is 41.1. The van der Waals surface area contributed by atoms with E-state index in [2.05, 4.69) is 30.6 Å². The molecule has 13 heteroatoms. The van der Waals surface area contributed by atoms with Gasteiger partial charge in [-0.3, -0.25) is 4.90 Å². The summed E-state index contributed by atoms with van der Waals surface area (Å²) in [6.45, 7) is 5.04. The Bertz CT molecular complexity index is 1390. The molecule has 0 amide bonds. The van der Waals surface area contributed by atoms with E-state index in [1.54, 1.807) is 30.5 Å². The number of furan rings is 1. The van der Waals surface area contributed by atoms with Gasteiger partial charge in [0.2, 0.25) is 11.9 Å². The van der Waals surface area contributed by atoms with Gasteiger partial charge in [0.1, 0.15) is 23.4 Å². The third-order valence-electron chi connectivity index (χ3n) is 6.84. The first kappa shape index (κ1) is 24.4. The molecule has 4 aromatic rings. The van der Waals surface area contributed by atoms with E-state index in [0.717, 1.165) is 19.6 Å². The van der Waals surface area contributed by atoms with Crippen LogP contribution in [-0.4, -0.2) is 89.1 Å². The number of aromatic nitrogens is 4. The van der Waals surface area contributed by atoms with Crippen LogP contribution in [0.25, 0.3) is 17.1 Å². The van der Waals surface area contributed by atoms with Crippen molar-refractivity contribution in [3.8, 4) is 17.2 Å². The fourth-order valence-corrected chi connectivity index (χ4v) is 4.80. The van der Waals surface area contributed by atoms with Gasteiger partial charge in [-0.05, 0) is 24.3 Å². The van der Waals surface area contributed by atoms with Crippen LogP contribution < -0.4 is 26.0 Å². The highest BCUT2D eigenvalue weighted by Gasteiger charge is 2.29. The second kappa shape index (κ2) is 10.4. The van der Waals surface area contributed by atoms with E-state index in [0.29, 0.717) is 60.7 Å². The molecule has 200 valence electrons. The van der Waals surface area contributed by atoms with Crippen LogP contribution >= 0.6 is 0 Å². The highest BCUT2D eigenvalue weighted by molar-refractivity contribution is 5.61. The van der Waals surface area contributed by atoms with Crippen molar-refractivity contribution in [2.24, 2.45) is 0 Å². The largest absolute Gasteiger partial charge is 0.486 e. The molecule has 3 aromatic heterocycles. The van der Waals surface area contributed by atoms with Gasteiger partial charge < -0.3 is 30.4 Å². The lowest BCUT2D eigenvalue weighted by Gasteiger charge is -2.36. The maximum atomic E-state index is 14.8. The number of anilines is 3. The van der Waals surface area contributed by atoms with Gasteiger partial charge in [0, 0.05) is 64.5 Å². The number of nitrogens with two attached hydrogens (primary N) is 1. The SMILES string of the molecule is Nc1nc(NCCN2CCN(c3ccc(O[C@@H]4CNC[C@H]4F)cc3F)CC2)nc2cc(-c3ccco3)nn12. The lowest BCUT2D eigenvalue weighted by molar-refractivity contribution is 0.139. The molecule has 0 aliphatic carbocycles. The van der Waals surface area contributed by atoms with Crippen molar-refractivity contribution in [2.75, 3.05) is 68.3 Å². The van der Waals surface area contributed by atoms with Crippen molar-refractivity contribution in [3.63, 3.8) is 0 Å². The van der Waals surface area contributed by atoms with E-state index in [4.69, 9.17) is 14.9 Å². The van der Waals surface area contributed by atoms with Crippen molar-refractivity contribution in [2.45, 2.75) is 12.3 Å². The molecule has 2 aliphatic heterocycles. The molecule has 5 heterocycles. The Morgan fingerprint density at radius 1 is 1.13 bits per heavy atom. The maximum absolute atomic E-state index is 14.8. The molecule has 11 nitrogen and oxygen atoms in total. The van der Waals surface area contributed by atoms with Gasteiger partial charge in [0.15, 0.2) is 17.6 Å². The summed E-state index contributed by atoms with van der Waals surface area (Å²) in [6, 6.07) is 10.2. The minimum Gasteiger partial charge on any atom is -0.486 e. The minimum absolute atomic E-state index is 0.229. The Balaban J connectivity index is 0.998. The summed E-state index contributed by atoms with van der Waals surface area (Å²) >= 11 is 0. The second-order valence-corrected chi connectivity index (χ2v) is 9.38. The van der Waals surface area contributed by atoms with Crippen LogP contribution in [0.1, 0.15) is 0 Å². The molecule has 1 aromatic carbocycles. The number of alkyl halides is 1. The quantitative estimate of drug-likeness (QED) is 0.315. The summed E-state index contributed by atoms with van der Waals surface area (Å²) in [6.07, 6.45) is -0.0832. The van der Waals surface area contributed by atoms with Crippen LogP contribution in [0.3, 0.4) is 0 Å². The maximum Gasteiger partial charge on any atom is 0.228 e. The molecule has 2 saturated heterocycles. The van der Waals surface area contributed by atoms with E-state index in [1.807, 2.05) is 11.0 Å². The molecule has 2 fully saturated rings. The number of nitrogen functional groups attached to an aromatic ring is 1. The van der Waals surface area contributed by atoms with Gasteiger partial charge in [-0.1, -0.05) is 0 Å². The van der Waals surface area contributed by atoms with Crippen molar-refractivity contribution in [1.29, 1.82) is 0 Å². The zero-order valence-electron chi connectivity index (χ0n) is 20.7. The highest BCUT2D eigenvalue weighted by Crippen LogP contribution is 2.27. The number of hydrogen-bond acceptors (Lipinski definition) is 10. The molecule has 0 bridgehead atoms. The molecule has 0 saturated carbocycles. The van der Waals surface area contributed by atoms with Crippen LogP contribution in [0.4, 0.5) is 26.4 Å². The van der Waals surface area contributed by atoms with Gasteiger partial charge in [-0.25, -0.2) is 8.78 Å². The van der Waals surface area contributed by atoms with Crippen molar-refractivity contribution >= 4 is 23.2 Å². The standard InChI is InChI=1S/C25H29F2N9O2/c26-17-12-16(38-22-15-29-14-18(22)27)3-4-20(17)35-9-7-34(8-10-35)6-5-30-25-31-23-13-19(21-2-1-11-37-21)33-36(23)24(28)32-25/h1-4,11-13,18,22,29H,5-10,14-15H2,(H3,28,30,31,32)/t18-,22-/m1/s1. The number of hydrogen-bond donors (Lipinski definition) is 3. The van der Waals surface area contributed by atoms with Crippen LogP contribution in [0.15, 0.2) is 47.1 Å². The molecular formula is C25H29F2N9O2. The highest BCUT2D eigenvalue weighted by atomic mass is 19.1. The fourth-order valence-electron chi connectivity index (χ4n) is 4.80. The number of ether oxygens (including phenoxy) is 1. The Morgan fingerprint density at radius 2 is 2.00 bits per heavy atom. The second-order valence-electron chi connectivity index (χ2n) is 9.38. The Labute approximate surface area is 217 Å². The Hall–Kier alpha value is -3.97. The Morgan fingerprint density at radius 3 is 2.74 bits per heavy atom. The predicted octanol–water partition coefficient (Wildman–Crippen LogP) is 2.03. The van der Waals surface area contributed by atoms with Gasteiger partial charge in [0.05, 0.1) is 12.0 Å². The predicted molar refractivity (Wildman–Crippen MR) is 139 cm³/mol. The van der Waals surface area contributed by atoms with Gasteiger partial charge in [-0.15, -0.1) is 0 Å². The molecule has 4 N–H and O–H groups in total. The summed E-state index contributed by atoms with van der Waals surface area (Å²) in [4.78, 5) is 13.1. The average Bonchev–Trinajstić information content (AvgIpc) is 3.67. The molecular weight excluding hydrogens is 496 g/mol. The zero-order valence-corrected chi connectivity index (χ0v) is 20.7. The molecule has 6 rings (SSSR count). The first-order valence-electron chi connectivity index (χ1n) is 12.6. The monoisotopic (exact) mass is 525 g/mol. The molecule has 0 spiro atoms. The van der Waals surface area contributed by atoms with Crippen LogP contribution in [0.5, 0.6) is 5.75 Å². The minimum atomic E-state index is -1.08. The van der Waals surface area contributed by atoms with E-state index in [9.17, 15) is 8.78 Å². The van der Waals surface area contributed by atoms with Crippen molar-refractivity contribution in [3.05, 3.63) is 48.5 Å². The fraction of sp³-hybridized carbons (Fsp3) is 0.400. The third-order valence-corrected chi connectivity index (χ3v) is 6.84. The average molecular weight is 526 g/mol. The summed E-state index contributed by atoms with van der Waals surface area (Å²) in [5.41, 5.74) is 7.81. The lowest BCUT2D eigenvalue weighted by Crippen LogP contribution is -2.48. The number of nitrogens with one attached hydrogen (secondary N) is 2. The topological polar surface area (TPSA) is 122 Å². The number of nitrogens with zero attached hydrogens (tertiary/aromatic N) is 6. The third kappa shape index (κ3) is 5.07. The van der Waals surface area contributed by atoms with Crippen LogP contribution in [-0.2, 0) is 0 Å². The number of piperazine rings is 1. The number of fused-ring (bicyclic) bond motifs is 1.